The standard InChI is InChI=1S/C22H20N4O4/c27-21(17-13-23-15-5-1-2-6-16(15)24-17)26-14-20(22(28)25-9-11-29-12-10-25)30-19-8-4-3-7-18(19)26/h1-8,13,20H,9-12,14H2/t20-/m0/s1. The van der Waals surface area contributed by atoms with E-state index >= 15 is 0 Å². The SMILES string of the molecule is O=C([C@@H]1CN(C(=O)c2cnc3ccccc3n2)c2ccccc2O1)N1CCOCC1. The number of fused-ring (bicyclic) bond motifs is 2. The van der Waals surface area contributed by atoms with Crippen LogP contribution in [0.4, 0.5) is 5.69 Å². The van der Waals surface area contributed by atoms with Crippen molar-refractivity contribution in [2.45, 2.75) is 6.10 Å². The molecule has 0 radical (unpaired) electrons. The number of hydrogen-bond donors (Lipinski definition) is 0. The van der Waals surface area contributed by atoms with Crippen LogP contribution in [0.25, 0.3) is 11.0 Å². The largest absolute Gasteiger partial charge is 0.476 e. The number of morpholine rings is 1. The molecule has 152 valence electrons. The van der Waals surface area contributed by atoms with Crippen LogP contribution >= 0.6 is 0 Å². The van der Waals surface area contributed by atoms with Gasteiger partial charge in [0.1, 0.15) is 11.4 Å². The van der Waals surface area contributed by atoms with Crippen molar-refractivity contribution in [2.24, 2.45) is 0 Å². The number of para-hydroxylation sites is 4. The normalized spacial score (nSPS) is 18.6. The summed E-state index contributed by atoms with van der Waals surface area (Å²) in [4.78, 5) is 38.5. The van der Waals surface area contributed by atoms with Crippen molar-refractivity contribution < 1.29 is 19.1 Å². The molecule has 8 nitrogen and oxygen atoms in total. The third-order valence-electron chi connectivity index (χ3n) is 5.28. The van der Waals surface area contributed by atoms with E-state index in [4.69, 9.17) is 9.47 Å². The summed E-state index contributed by atoms with van der Waals surface area (Å²) in [5, 5.41) is 0. The van der Waals surface area contributed by atoms with Crippen LogP contribution in [-0.2, 0) is 9.53 Å². The molecule has 1 fully saturated rings. The number of amides is 2. The van der Waals surface area contributed by atoms with Gasteiger partial charge in [-0.05, 0) is 24.3 Å². The molecule has 5 rings (SSSR count). The molecule has 2 amide bonds. The van der Waals surface area contributed by atoms with Crippen LogP contribution in [0.3, 0.4) is 0 Å². The van der Waals surface area contributed by atoms with Crippen LogP contribution in [0.1, 0.15) is 10.5 Å². The molecule has 3 aromatic rings. The van der Waals surface area contributed by atoms with E-state index in [1.165, 1.54) is 6.20 Å². The van der Waals surface area contributed by atoms with E-state index in [2.05, 4.69) is 9.97 Å². The van der Waals surface area contributed by atoms with Crippen molar-refractivity contribution in [1.82, 2.24) is 14.9 Å². The number of ether oxygens (including phenoxy) is 2. The molecular weight excluding hydrogens is 384 g/mol. The highest BCUT2D eigenvalue weighted by atomic mass is 16.5. The molecule has 0 spiro atoms. The Morgan fingerprint density at radius 3 is 2.53 bits per heavy atom. The highest BCUT2D eigenvalue weighted by Gasteiger charge is 2.37. The van der Waals surface area contributed by atoms with E-state index in [1.54, 1.807) is 21.9 Å². The number of anilines is 1. The minimum absolute atomic E-state index is 0.112. The van der Waals surface area contributed by atoms with Crippen LogP contribution in [0.15, 0.2) is 54.7 Å². The summed E-state index contributed by atoms with van der Waals surface area (Å²) in [6.07, 6.45) is 0.692. The van der Waals surface area contributed by atoms with Gasteiger partial charge in [0.15, 0.2) is 6.10 Å². The summed E-state index contributed by atoms with van der Waals surface area (Å²) in [6, 6.07) is 14.6. The number of benzene rings is 2. The Kier molecular flexibility index (Phi) is 4.76. The lowest BCUT2D eigenvalue weighted by Gasteiger charge is -2.37. The first-order chi connectivity index (χ1) is 14.7. The molecule has 1 aromatic heterocycles. The minimum Gasteiger partial charge on any atom is -0.476 e. The molecule has 2 aromatic carbocycles. The Labute approximate surface area is 173 Å². The second kappa shape index (κ2) is 7.72. The molecule has 30 heavy (non-hydrogen) atoms. The van der Waals surface area contributed by atoms with Gasteiger partial charge in [-0.3, -0.25) is 19.5 Å². The predicted molar refractivity (Wildman–Crippen MR) is 109 cm³/mol. The maximum Gasteiger partial charge on any atom is 0.278 e. The molecule has 2 aliphatic heterocycles. The second-order valence-corrected chi connectivity index (χ2v) is 7.17. The van der Waals surface area contributed by atoms with Gasteiger partial charge in [-0.15, -0.1) is 0 Å². The lowest BCUT2D eigenvalue weighted by molar-refractivity contribution is -0.142. The quantitative estimate of drug-likeness (QED) is 0.649. The Balaban J connectivity index is 1.47. The Bertz CT molecular complexity index is 1110. The fourth-order valence-corrected chi connectivity index (χ4v) is 3.74. The lowest BCUT2D eigenvalue weighted by Crippen LogP contribution is -2.54. The lowest BCUT2D eigenvalue weighted by atomic mass is 10.1. The van der Waals surface area contributed by atoms with Gasteiger partial charge >= 0.3 is 0 Å². The smallest absolute Gasteiger partial charge is 0.278 e. The van der Waals surface area contributed by atoms with Crippen LogP contribution in [0.2, 0.25) is 0 Å². The van der Waals surface area contributed by atoms with E-state index in [9.17, 15) is 9.59 Å². The van der Waals surface area contributed by atoms with Gasteiger partial charge < -0.3 is 14.4 Å². The van der Waals surface area contributed by atoms with Gasteiger partial charge in [-0.1, -0.05) is 24.3 Å². The summed E-state index contributed by atoms with van der Waals surface area (Å²) in [5.74, 6) is 0.0384. The summed E-state index contributed by atoms with van der Waals surface area (Å²) in [6.45, 7) is 2.16. The first-order valence-electron chi connectivity index (χ1n) is 9.86. The maximum atomic E-state index is 13.4. The topological polar surface area (TPSA) is 84.9 Å². The van der Waals surface area contributed by atoms with Crippen molar-refractivity contribution in [3.05, 3.63) is 60.4 Å². The van der Waals surface area contributed by atoms with E-state index in [1.807, 2.05) is 36.4 Å². The van der Waals surface area contributed by atoms with Crippen LogP contribution < -0.4 is 9.64 Å². The third kappa shape index (κ3) is 3.35. The Morgan fingerprint density at radius 2 is 1.70 bits per heavy atom. The molecule has 2 aliphatic rings. The van der Waals surface area contributed by atoms with Gasteiger partial charge in [0.25, 0.3) is 11.8 Å². The maximum absolute atomic E-state index is 13.4. The zero-order valence-corrected chi connectivity index (χ0v) is 16.2. The number of carbonyl (C=O) groups is 2. The number of hydrogen-bond acceptors (Lipinski definition) is 6. The number of rotatable bonds is 2. The molecule has 0 saturated carbocycles. The van der Waals surface area contributed by atoms with Crippen LogP contribution in [-0.4, -0.2) is 65.6 Å². The molecule has 1 atom stereocenters. The molecular formula is C22H20N4O4. The van der Waals surface area contributed by atoms with Gasteiger partial charge in [-0.25, -0.2) is 4.98 Å². The van der Waals surface area contributed by atoms with Crippen molar-refractivity contribution in [1.29, 1.82) is 0 Å². The average Bonchev–Trinajstić information content (AvgIpc) is 2.82. The number of carbonyl (C=O) groups excluding carboxylic acids is 2. The number of aromatic nitrogens is 2. The molecule has 3 heterocycles. The molecule has 8 heteroatoms. The van der Waals surface area contributed by atoms with Crippen molar-refractivity contribution in [2.75, 3.05) is 37.7 Å². The predicted octanol–water partition coefficient (Wildman–Crippen LogP) is 1.90. The number of nitrogens with zero attached hydrogens (tertiary/aromatic N) is 4. The first-order valence-corrected chi connectivity index (χ1v) is 9.86. The van der Waals surface area contributed by atoms with Crippen molar-refractivity contribution >= 4 is 28.5 Å². The van der Waals surface area contributed by atoms with Gasteiger partial charge in [0, 0.05) is 13.1 Å². The Hall–Kier alpha value is -3.52. The van der Waals surface area contributed by atoms with Crippen molar-refractivity contribution in [3.63, 3.8) is 0 Å². The molecule has 0 unspecified atom stereocenters. The van der Waals surface area contributed by atoms with Gasteiger partial charge in [-0.2, -0.15) is 0 Å². The summed E-state index contributed by atoms with van der Waals surface area (Å²) < 4.78 is 11.3. The second-order valence-electron chi connectivity index (χ2n) is 7.17. The van der Waals surface area contributed by atoms with E-state index in [0.29, 0.717) is 43.3 Å². The van der Waals surface area contributed by atoms with E-state index < -0.39 is 6.10 Å². The van der Waals surface area contributed by atoms with Crippen LogP contribution in [0, 0.1) is 0 Å². The summed E-state index contributed by atoms with van der Waals surface area (Å²) in [5.41, 5.74) is 2.20. The van der Waals surface area contributed by atoms with Gasteiger partial charge in [0.05, 0.1) is 42.7 Å². The highest BCUT2D eigenvalue weighted by Crippen LogP contribution is 2.34. The monoisotopic (exact) mass is 404 g/mol. The first kappa shape index (κ1) is 18.5. The zero-order valence-electron chi connectivity index (χ0n) is 16.2. The van der Waals surface area contributed by atoms with E-state index in [-0.39, 0.29) is 24.1 Å². The zero-order chi connectivity index (χ0) is 20.5. The Morgan fingerprint density at radius 1 is 0.967 bits per heavy atom. The summed E-state index contributed by atoms with van der Waals surface area (Å²) in [7, 11) is 0. The van der Waals surface area contributed by atoms with Crippen molar-refractivity contribution in [3.8, 4) is 5.75 Å². The van der Waals surface area contributed by atoms with E-state index in [0.717, 1.165) is 5.52 Å². The fraction of sp³-hybridized carbons (Fsp3) is 0.273. The molecule has 0 N–H and O–H groups in total. The minimum atomic E-state index is -0.782. The molecule has 0 bridgehead atoms. The average molecular weight is 404 g/mol. The van der Waals surface area contributed by atoms with Gasteiger partial charge in [0.2, 0.25) is 0 Å². The molecule has 1 saturated heterocycles. The third-order valence-corrected chi connectivity index (χ3v) is 5.28. The fourth-order valence-electron chi connectivity index (χ4n) is 3.74. The molecule has 0 aliphatic carbocycles. The van der Waals surface area contributed by atoms with Crippen LogP contribution in [0.5, 0.6) is 5.75 Å². The highest BCUT2D eigenvalue weighted by molar-refractivity contribution is 6.07. The summed E-state index contributed by atoms with van der Waals surface area (Å²) >= 11 is 0.